The summed E-state index contributed by atoms with van der Waals surface area (Å²) in [5.74, 6) is 0.362. The van der Waals surface area contributed by atoms with Crippen LogP contribution in [0.25, 0.3) is 0 Å². The minimum atomic E-state index is 0.362. The fourth-order valence-electron chi connectivity index (χ4n) is 3.53. The molecule has 3 aliphatic rings. The second-order valence-electron chi connectivity index (χ2n) is 6.09. The Labute approximate surface area is 118 Å². The molecule has 2 fully saturated rings. The molecule has 0 bridgehead atoms. The Balaban J connectivity index is 1.44. The van der Waals surface area contributed by atoms with Crippen molar-refractivity contribution in [1.82, 2.24) is 10.2 Å². The lowest BCUT2D eigenvalue weighted by molar-refractivity contribution is -0.128. The van der Waals surface area contributed by atoms with Crippen molar-refractivity contribution < 1.29 is 4.79 Å². The molecule has 0 aromatic carbocycles. The van der Waals surface area contributed by atoms with Gasteiger partial charge < -0.3 is 10.2 Å². The number of rotatable bonds is 3. The molecule has 2 heterocycles. The standard InChI is InChI=1S/C15H20N2OS/c18-15-8-10(9-17(15)11-4-5-11)16-13-2-1-3-14-12(13)6-7-19-14/h6-7,10-11,13,16H,1-5,8-9H2. The van der Waals surface area contributed by atoms with E-state index in [0.717, 1.165) is 6.54 Å². The molecule has 4 rings (SSSR count). The summed E-state index contributed by atoms with van der Waals surface area (Å²) >= 11 is 1.89. The maximum atomic E-state index is 12.0. The molecule has 19 heavy (non-hydrogen) atoms. The molecule has 2 atom stereocenters. The van der Waals surface area contributed by atoms with Crippen LogP contribution in [0, 0.1) is 0 Å². The largest absolute Gasteiger partial charge is 0.338 e. The minimum absolute atomic E-state index is 0.362. The van der Waals surface area contributed by atoms with Gasteiger partial charge in [-0.05, 0) is 49.1 Å². The molecular formula is C15H20N2OS. The van der Waals surface area contributed by atoms with E-state index in [1.807, 2.05) is 11.3 Å². The van der Waals surface area contributed by atoms with Crippen LogP contribution in [0.3, 0.4) is 0 Å². The summed E-state index contributed by atoms with van der Waals surface area (Å²) in [5, 5.41) is 5.96. The lowest BCUT2D eigenvalue weighted by Crippen LogP contribution is -2.37. The fourth-order valence-corrected chi connectivity index (χ4v) is 4.51. The van der Waals surface area contributed by atoms with Gasteiger partial charge in [-0.1, -0.05) is 0 Å². The molecule has 1 amide bonds. The monoisotopic (exact) mass is 276 g/mol. The summed E-state index contributed by atoms with van der Waals surface area (Å²) in [6.07, 6.45) is 6.87. The highest BCUT2D eigenvalue weighted by Crippen LogP contribution is 2.35. The first-order valence-electron chi connectivity index (χ1n) is 7.43. The molecule has 2 unspecified atom stereocenters. The number of aryl methyl sites for hydroxylation is 1. The third-order valence-corrected chi connectivity index (χ3v) is 5.63. The number of thiophene rings is 1. The number of nitrogens with zero attached hydrogens (tertiary/aromatic N) is 1. The van der Waals surface area contributed by atoms with Gasteiger partial charge in [0.25, 0.3) is 0 Å². The number of carbonyl (C=O) groups is 1. The van der Waals surface area contributed by atoms with Crippen molar-refractivity contribution in [3.05, 3.63) is 21.9 Å². The van der Waals surface area contributed by atoms with Crippen molar-refractivity contribution in [2.24, 2.45) is 0 Å². The van der Waals surface area contributed by atoms with Crippen molar-refractivity contribution >= 4 is 17.2 Å². The molecule has 1 N–H and O–H groups in total. The van der Waals surface area contributed by atoms with Gasteiger partial charge in [0.15, 0.2) is 0 Å². The normalized spacial score (nSPS) is 30.7. The Kier molecular flexibility index (Phi) is 2.88. The van der Waals surface area contributed by atoms with E-state index >= 15 is 0 Å². The average molecular weight is 276 g/mol. The Morgan fingerprint density at radius 1 is 1.32 bits per heavy atom. The number of amides is 1. The molecule has 3 nitrogen and oxygen atoms in total. The van der Waals surface area contributed by atoms with Gasteiger partial charge in [0.2, 0.25) is 5.91 Å². The molecule has 1 saturated heterocycles. The highest BCUT2D eigenvalue weighted by Gasteiger charge is 2.40. The molecule has 2 aliphatic carbocycles. The SMILES string of the molecule is O=C1CC(NC2CCCc3sccc32)CN1C1CC1. The van der Waals surface area contributed by atoms with Gasteiger partial charge >= 0.3 is 0 Å². The number of carbonyl (C=O) groups excluding carboxylic acids is 1. The smallest absolute Gasteiger partial charge is 0.224 e. The molecule has 1 aromatic heterocycles. The highest BCUT2D eigenvalue weighted by molar-refractivity contribution is 7.10. The van der Waals surface area contributed by atoms with Crippen LogP contribution in [-0.2, 0) is 11.2 Å². The van der Waals surface area contributed by atoms with E-state index in [0.29, 0.717) is 30.5 Å². The van der Waals surface area contributed by atoms with Crippen molar-refractivity contribution in [3.63, 3.8) is 0 Å². The average Bonchev–Trinajstić information content (AvgIpc) is 3.00. The van der Waals surface area contributed by atoms with Crippen LogP contribution in [0.1, 0.15) is 48.6 Å². The zero-order chi connectivity index (χ0) is 12.8. The zero-order valence-electron chi connectivity index (χ0n) is 11.1. The number of hydrogen-bond acceptors (Lipinski definition) is 3. The number of likely N-dealkylation sites (tertiary alicyclic amines) is 1. The first-order valence-corrected chi connectivity index (χ1v) is 8.31. The second-order valence-corrected chi connectivity index (χ2v) is 7.09. The van der Waals surface area contributed by atoms with E-state index in [2.05, 4.69) is 21.7 Å². The third-order valence-electron chi connectivity index (χ3n) is 4.63. The summed E-state index contributed by atoms with van der Waals surface area (Å²) in [7, 11) is 0. The number of hydrogen-bond donors (Lipinski definition) is 1. The van der Waals surface area contributed by atoms with Gasteiger partial charge in [-0.3, -0.25) is 4.79 Å². The van der Waals surface area contributed by atoms with Gasteiger partial charge in [0.1, 0.15) is 0 Å². The predicted molar refractivity (Wildman–Crippen MR) is 76.3 cm³/mol. The maximum absolute atomic E-state index is 12.0. The quantitative estimate of drug-likeness (QED) is 0.920. The van der Waals surface area contributed by atoms with Crippen LogP contribution >= 0.6 is 11.3 Å². The lowest BCUT2D eigenvalue weighted by atomic mass is 9.93. The van der Waals surface area contributed by atoms with Crippen LogP contribution in [0.15, 0.2) is 11.4 Å². The number of fused-ring (bicyclic) bond motifs is 1. The van der Waals surface area contributed by atoms with Crippen LogP contribution in [-0.4, -0.2) is 29.4 Å². The van der Waals surface area contributed by atoms with Crippen molar-refractivity contribution in [2.45, 2.75) is 56.7 Å². The second kappa shape index (κ2) is 4.60. The van der Waals surface area contributed by atoms with Gasteiger partial charge in [0.05, 0.1) is 0 Å². The van der Waals surface area contributed by atoms with Crippen LogP contribution in [0.5, 0.6) is 0 Å². The zero-order valence-corrected chi connectivity index (χ0v) is 11.9. The van der Waals surface area contributed by atoms with Crippen LogP contribution < -0.4 is 5.32 Å². The predicted octanol–water partition coefficient (Wildman–Crippen LogP) is 2.48. The first kappa shape index (κ1) is 11.9. The van der Waals surface area contributed by atoms with Crippen LogP contribution in [0.4, 0.5) is 0 Å². The van der Waals surface area contributed by atoms with Crippen molar-refractivity contribution in [2.75, 3.05) is 6.54 Å². The van der Waals surface area contributed by atoms with Gasteiger partial charge in [-0.25, -0.2) is 0 Å². The third kappa shape index (κ3) is 2.21. The van der Waals surface area contributed by atoms with E-state index in [9.17, 15) is 4.79 Å². The fraction of sp³-hybridized carbons (Fsp3) is 0.667. The molecule has 1 aromatic rings. The van der Waals surface area contributed by atoms with Crippen molar-refractivity contribution in [3.8, 4) is 0 Å². The van der Waals surface area contributed by atoms with Gasteiger partial charge in [0, 0.05) is 36.0 Å². The van der Waals surface area contributed by atoms with E-state index in [1.165, 1.54) is 37.7 Å². The van der Waals surface area contributed by atoms with Gasteiger partial charge in [-0.2, -0.15) is 0 Å². The summed E-state index contributed by atoms with van der Waals surface area (Å²) in [6.45, 7) is 0.930. The Morgan fingerprint density at radius 2 is 2.21 bits per heavy atom. The van der Waals surface area contributed by atoms with Crippen LogP contribution in [0.2, 0.25) is 0 Å². The first-order chi connectivity index (χ1) is 9.31. The van der Waals surface area contributed by atoms with E-state index in [1.54, 1.807) is 4.88 Å². The Bertz CT molecular complexity index is 494. The summed E-state index contributed by atoms with van der Waals surface area (Å²) in [5.41, 5.74) is 1.49. The molecule has 1 aliphatic heterocycles. The Morgan fingerprint density at radius 3 is 3.05 bits per heavy atom. The van der Waals surface area contributed by atoms with E-state index < -0.39 is 0 Å². The summed E-state index contributed by atoms with van der Waals surface area (Å²) in [6, 6.07) is 3.69. The maximum Gasteiger partial charge on any atom is 0.224 e. The molecule has 0 radical (unpaired) electrons. The summed E-state index contributed by atoms with van der Waals surface area (Å²) < 4.78 is 0. The number of nitrogens with one attached hydrogen (secondary N) is 1. The molecule has 4 heteroatoms. The van der Waals surface area contributed by atoms with E-state index in [4.69, 9.17) is 0 Å². The summed E-state index contributed by atoms with van der Waals surface area (Å²) in [4.78, 5) is 15.6. The molecule has 1 saturated carbocycles. The Hall–Kier alpha value is -0.870. The highest BCUT2D eigenvalue weighted by atomic mass is 32.1. The topological polar surface area (TPSA) is 32.3 Å². The molecule has 102 valence electrons. The molecular weight excluding hydrogens is 256 g/mol. The van der Waals surface area contributed by atoms with Gasteiger partial charge in [-0.15, -0.1) is 11.3 Å². The van der Waals surface area contributed by atoms with E-state index in [-0.39, 0.29) is 0 Å². The van der Waals surface area contributed by atoms with Crippen molar-refractivity contribution in [1.29, 1.82) is 0 Å². The lowest BCUT2D eigenvalue weighted by Gasteiger charge is -2.27. The minimum Gasteiger partial charge on any atom is -0.338 e. The molecule has 0 spiro atoms.